The number of carbonyl (C=O) groups excluding carboxylic acids is 1. The molecular weight excluding hydrogens is 222 g/mol. The summed E-state index contributed by atoms with van der Waals surface area (Å²) in [5.74, 6) is 1.88. The lowest BCUT2D eigenvalue weighted by Gasteiger charge is -2.23. The van der Waals surface area contributed by atoms with Gasteiger partial charge in [-0.2, -0.15) is 11.8 Å². The maximum atomic E-state index is 11.3. The van der Waals surface area contributed by atoms with E-state index < -0.39 is 5.91 Å². The number of amides is 1. The lowest BCUT2D eigenvalue weighted by molar-refractivity contribution is 0.100. The van der Waals surface area contributed by atoms with E-state index in [4.69, 9.17) is 5.73 Å². The van der Waals surface area contributed by atoms with Crippen molar-refractivity contribution in [2.75, 3.05) is 29.5 Å². The van der Waals surface area contributed by atoms with Crippen LogP contribution in [0.25, 0.3) is 0 Å². The number of hydrogen-bond acceptors (Lipinski definition) is 4. The van der Waals surface area contributed by atoms with Crippen LogP contribution in [0.2, 0.25) is 0 Å². The fourth-order valence-corrected chi connectivity index (χ4v) is 2.73. The Hall–Kier alpha value is -1.23. The number of anilines is 1. The smallest absolute Gasteiger partial charge is 0.252 e. The van der Waals surface area contributed by atoms with Crippen LogP contribution in [-0.2, 0) is 0 Å². The topological polar surface area (TPSA) is 59.2 Å². The van der Waals surface area contributed by atoms with Gasteiger partial charge in [0.2, 0.25) is 0 Å². The minimum Gasteiger partial charge on any atom is -0.370 e. The number of nitrogens with zero attached hydrogens (tertiary/aromatic N) is 2. The van der Waals surface area contributed by atoms with Crippen LogP contribution in [0.1, 0.15) is 16.8 Å². The van der Waals surface area contributed by atoms with Crippen molar-refractivity contribution in [2.24, 2.45) is 5.73 Å². The van der Waals surface area contributed by atoms with Crippen LogP contribution in [-0.4, -0.2) is 35.5 Å². The first kappa shape index (κ1) is 11.3. The molecule has 0 aliphatic carbocycles. The van der Waals surface area contributed by atoms with E-state index in [2.05, 4.69) is 9.88 Å². The molecule has 0 unspecified atom stereocenters. The number of primary amides is 1. The largest absolute Gasteiger partial charge is 0.370 e. The van der Waals surface area contributed by atoms with Crippen molar-refractivity contribution in [2.45, 2.75) is 6.42 Å². The average Bonchev–Trinajstić information content (AvgIpc) is 2.57. The van der Waals surface area contributed by atoms with Crippen molar-refractivity contribution in [3.63, 3.8) is 0 Å². The van der Waals surface area contributed by atoms with Gasteiger partial charge in [-0.25, -0.2) is 0 Å². The molecule has 0 atom stereocenters. The van der Waals surface area contributed by atoms with E-state index in [9.17, 15) is 4.79 Å². The summed E-state index contributed by atoms with van der Waals surface area (Å²) in [5.41, 5.74) is 6.79. The SMILES string of the molecule is NC(=O)c1cnccc1N1CCCSCC1. The molecule has 1 aliphatic rings. The van der Waals surface area contributed by atoms with Crippen molar-refractivity contribution < 1.29 is 4.79 Å². The van der Waals surface area contributed by atoms with E-state index in [-0.39, 0.29) is 0 Å². The molecule has 1 aliphatic heterocycles. The highest BCUT2D eigenvalue weighted by Crippen LogP contribution is 2.22. The molecule has 1 aromatic heterocycles. The van der Waals surface area contributed by atoms with E-state index in [0.717, 1.165) is 31.0 Å². The minimum absolute atomic E-state index is 0.403. The lowest BCUT2D eigenvalue weighted by atomic mass is 10.2. The van der Waals surface area contributed by atoms with Crippen molar-refractivity contribution in [3.05, 3.63) is 24.0 Å². The van der Waals surface area contributed by atoms with E-state index >= 15 is 0 Å². The second-order valence-electron chi connectivity index (χ2n) is 3.71. The Morgan fingerprint density at radius 3 is 3.12 bits per heavy atom. The third-order valence-corrected chi connectivity index (χ3v) is 3.68. The van der Waals surface area contributed by atoms with Gasteiger partial charge in [0.15, 0.2) is 0 Å². The number of nitrogens with two attached hydrogens (primary N) is 1. The Labute approximate surface area is 99.2 Å². The van der Waals surface area contributed by atoms with Gasteiger partial charge in [0, 0.05) is 31.2 Å². The highest BCUT2D eigenvalue weighted by Gasteiger charge is 2.16. The maximum absolute atomic E-state index is 11.3. The van der Waals surface area contributed by atoms with Gasteiger partial charge in [-0.15, -0.1) is 0 Å². The Kier molecular flexibility index (Phi) is 3.66. The van der Waals surface area contributed by atoms with Crippen molar-refractivity contribution in [1.29, 1.82) is 0 Å². The molecule has 2 rings (SSSR count). The summed E-state index contributed by atoms with van der Waals surface area (Å²) in [6.45, 7) is 1.95. The van der Waals surface area contributed by atoms with E-state index in [1.165, 1.54) is 5.75 Å². The molecule has 2 heterocycles. The summed E-state index contributed by atoms with van der Waals surface area (Å²) in [4.78, 5) is 17.5. The number of hydrogen-bond donors (Lipinski definition) is 1. The molecule has 0 radical (unpaired) electrons. The summed E-state index contributed by atoms with van der Waals surface area (Å²) >= 11 is 1.95. The number of carbonyl (C=O) groups is 1. The van der Waals surface area contributed by atoms with Gasteiger partial charge >= 0.3 is 0 Å². The highest BCUT2D eigenvalue weighted by atomic mass is 32.2. The van der Waals surface area contributed by atoms with Gasteiger partial charge in [-0.3, -0.25) is 9.78 Å². The molecule has 1 saturated heterocycles. The molecule has 0 bridgehead atoms. The van der Waals surface area contributed by atoms with Crippen molar-refractivity contribution in [3.8, 4) is 0 Å². The van der Waals surface area contributed by atoms with Crippen LogP contribution >= 0.6 is 11.8 Å². The molecule has 5 heteroatoms. The first-order chi connectivity index (χ1) is 7.79. The molecule has 2 N–H and O–H groups in total. The third-order valence-electron chi connectivity index (χ3n) is 2.63. The van der Waals surface area contributed by atoms with Crippen LogP contribution in [0.5, 0.6) is 0 Å². The number of rotatable bonds is 2. The zero-order valence-corrected chi connectivity index (χ0v) is 9.87. The lowest BCUT2D eigenvalue weighted by Crippen LogP contribution is -2.28. The molecule has 1 fully saturated rings. The Balaban J connectivity index is 2.27. The molecular formula is C11H15N3OS. The van der Waals surface area contributed by atoms with E-state index in [1.54, 1.807) is 12.4 Å². The van der Waals surface area contributed by atoms with Crippen molar-refractivity contribution in [1.82, 2.24) is 4.98 Å². The molecule has 1 amide bonds. The normalized spacial score (nSPS) is 16.9. The minimum atomic E-state index is -0.403. The Morgan fingerprint density at radius 2 is 2.31 bits per heavy atom. The Bertz CT molecular complexity index is 375. The third kappa shape index (κ3) is 2.47. The number of thioether (sulfide) groups is 1. The maximum Gasteiger partial charge on any atom is 0.252 e. The van der Waals surface area contributed by atoms with Gasteiger partial charge < -0.3 is 10.6 Å². The molecule has 0 aromatic carbocycles. The molecule has 86 valence electrons. The fourth-order valence-electron chi connectivity index (χ4n) is 1.84. The molecule has 16 heavy (non-hydrogen) atoms. The first-order valence-corrected chi connectivity index (χ1v) is 6.51. The standard InChI is InChI=1S/C11H15N3OS/c12-11(15)9-8-13-3-2-10(9)14-4-1-6-16-7-5-14/h2-3,8H,1,4-7H2,(H2,12,15). The quantitative estimate of drug-likeness (QED) is 0.837. The molecule has 0 spiro atoms. The summed E-state index contributed by atoms with van der Waals surface area (Å²) in [5, 5.41) is 0. The van der Waals surface area contributed by atoms with Crippen LogP contribution < -0.4 is 10.6 Å². The first-order valence-electron chi connectivity index (χ1n) is 5.35. The highest BCUT2D eigenvalue weighted by molar-refractivity contribution is 7.99. The van der Waals surface area contributed by atoms with Crippen molar-refractivity contribution >= 4 is 23.4 Å². The molecule has 4 nitrogen and oxygen atoms in total. The monoisotopic (exact) mass is 237 g/mol. The second kappa shape index (κ2) is 5.21. The van der Waals surface area contributed by atoms with Gasteiger partial charge in [0.05, 0.1) is 11.3 Å². The van der Waals surface area contributed by atoms with Crippen LogP contribution in [0.3, 0.4) is 0 Å². The van der Waals surface area contributed by atoms with Crippen LogP contribution in [0.15, 0.2) is 18.5 Å². The van der Waals surface area contributed by atoms with Crippen LogP contribution in [0, 0.1) is 0 Å². The van der Waals surface area contributed by atoms with Crippen LogP contribution in [0.4, 0.5) is 5.69 Å². The predicted octanol–water partition coefficient (Wildman–Crippen LogP) is 1.12. The summed E-state index contributed by atoms with van der Waals surface area (Å²) in [7, 11) is 0. The zero-order chi connectivity index (χ0) is 11.4. The van der Waals surface area contributed by atoms with Gasteiger partial charge in [0.1, 0.15) is 0 Å². The molecule has 1 aromatic rings. The molecule has 0 saturated carbocycles. The average molecular weight is 237 g/mol. The summed E-state index contributed by atoms with van der Waals surface area (Å²) < 4.78 is 0. The van der Waals surface area contributed by atoms with E-state index in [0.29, 0.717) is 5.56 Å². The van der Waals surface area contributed by atoms with Gasteiger partial charge in [0.25, 0.3) is 5.91 Å². The number of aromatic nitrogens is 1. The Morgan fingerprint density at radius 1 is 1.44 bits per heavy atom. The second-order valence-corrected chi connectivity index (χ2v) is 4.93. The zero-order valence-electron chi connectivity index (χ0n) is 9.06. The predicted molar refractivity (Wildman–Crippen MR) is 66.9 cm³/mol. The number of pyridine rings is 1. The van der Waals surface area contributed by atoms with Gasteiger partial charge in [-0.05, 0) is 18.2 Å². The van der Waals surface area contributed by atoms with Gasteiger partial charge in [-0.1, -0.05) is 0 Å². The summed E-state index contributed by atoms with van der Waals surface area (Å²) in [6.07, 6.45) is 4.40. The van der Waals surface area contributed by atoms with E-state index in [1.807, 2.05) is 17.8 Å². The fraction of sp³-hybridized carbons (Fsp3) is 0.455. The summed E-state index contributed by atoms with van der Waals surface area (Å²) in [6, 6.07) is 1.87.